The van der Waals surface area contributed by atoms with Gasteiger partial charge in [0, 0.05) is 24.7 Å². The molecular formula is C16H14N6. The van der Waals surface area contributed by atoms with E-state index in [9.17, 15) is 0 Å². The van der Waals surface area contributed by atoms with Crippen LogP contribution in [0.25, 0.3) is 11.3 Å². The van der Waals surface area contributed by atoms with Crippen molar-refractivity contribution in [2.24, 2.45) is 5.10 Å². The van der Waals surface area contributed by atoms with Crippen LogP contribution in [0.5, 0.6) is 0 Å². The maximum Gasteiger partial charge on any atom is 0.237 e. The van der Waals surface area contributed by atoms with E-state index in [-0.39, 0.29) is 5.71 Å². The van der Waals surface area contributed by atoms with E-state index < -0.39 is 0 Å². The molecule has 0 saturated heterocycles. The maximum absolute atomic E-state index is 8.62. The molecule has 2 heterocycles. The second-order valence-corrected chi connectivity index (χ2v) is 5.07. The predicted molar refractivity (Wildman–Crippen MR) is 82.9 cm³/mol. The van der Waals surface area contributed by atoms with Crippen molar-refractivity contribution in [3.8, 4) is 23.4 Å². The summed E-state index contributed by atoms with van der Waals surface area (Å²) in [5.41, 5.74) is 5.22. The van der Waals surface area contributed by atoms with Gasteiger partial charge in [0.1, 0.15) is 18.0 Å². The SMILES string of the molecule is N#CC(C#N)=NNc1ccc(-c2cn3c(n2)CCCC3)cc1. The fraction of sp³-hybridized carbons (Fsp3) is 0.250. The first-order valence-electron chi connectivity index (χ1n) is 7.10. The number of hydrogen-bond acceptors (Lipinski definition) is 5. The molecule has 0 aliphatic carbocycles. The van der Waals surface area contributed by atoms with Gasteiger partial charge in [-0.15, -0.1) is 0 Å². The number of nitrogens with one attached hydrogen (secondary N) is 1. The first-order valence-corrected chi connectivity index (χ1v) is 7.10. The molecule has 0 radical (unpaired) electrons. The minimum Gasteiger partial charge on any atom is -0.334 e. The van der Waals surface area contributed by atoms with Crippen molar-refractivity contribution in [1.29, 1.82) is 10.5 Å². The summed E-state index contributed by atoms with van der Waals surface area (Å²) in [6, 6.07) is 11.0. The van der Waals surface area contributed by atoms with Crippen molar-refractivity contribution in [2.75, 3.05) is 5.43 Å². The highest BCUT2D eigenvalue weighted by Gasteiger charge is 2.12. The first-order chi connectivity index (χ1) is 10.8. The van der Waals surface area contributed by atoms with Crippen LogP contribution in [0.1, 0.15) is 18.7 Å². The number of fused-ring (bicyclic) bond motifs is 1. The Kier molecular flexibility index (Phi) is 3.84. The maximum atomic E-state index is 8.62. The molecule has 6 heteroatoms. The number of hydrazone groups is 1. The van der Waals surface area contributed by atoms with Crippen LogP contribution in [-0.4, -0.2) is 15.3 Å². The number of aryl methyl sites for hydroxylation is 2. The lowest BCUT2D eigenvalue weighted by Crippen LogP contribution is -2.08. The van der Waals surface area contributed by atoms with Gasteiger partial charge < -0.3 is 4.57 Å². The average molecular weight is 290 g/mol. The topological polar surface area (TPSA) is 89.8 Å². The summed E-state index contributed by atoms with van der Waals surface area (Å²) < 4.78 is 2.22. The Balaban J connectivity index is 1.77. The van der Waals surface area contributed by atoms with E-state index in [1.54, 1.807) is 12.1 Å². The molecule has 108 valence electrons. The van der Waals surface area contributed by atoms with Gasteiger partial charge in [0.15, 0.2) is 0 Å². The van der Waals surface area contributed by atoms with Crippen LogP contribution in [0.3, 0.4) is 0 Å². The van der Waals surface area contributed by atoms with Crippen LogP contribution in [0.4, 0.5) is 5.69 Å². The lowest BCUT2D eigenvalue weighted by atomic mass is 10.1. The van der Waals surface area contributed by atoms with E-state index >= 15 is 0 Å². The standard InChI is InChI=1S/C16H14N6/c17-9-14(10-18)21-20-13-6-4-12(5-7-13)15-11-22-8-2-1-3-16(22)19-15/h4-7,11,20H,1-3,8H2. The van der Waals surface area contributed by atoms with Crippen LogP contribution in [-0.2, 0) is 13.0 Å². The number of benzene rings is 1. The third kappa shape index (κ3) is 2.82. The molecule has 0 atom stereocenters. The minimum atomic E-state index is -0.203. The Bertz CT molecular complexity index is 746. The largest absolute Gasteiger partial charge is 0.334 e. The van der Waals surface area contributed by atoms with E-state index in [0.717, 1.165) is 35.7 Å². The number of anilines is 1. The molecular weight excluding hydrogens is 276 g/mol. The molecule has 22 heavy (non-hydrogen) atoms. The smallest absolute Gasteiger partial charge is 0.237 e. The summed E-state index contributed by atoms with van der Waals surface area (Å²) in [6.07, 6.45) is 5.55. The fourth-order valence-corrected chi connectivity index (χ4v) is 2.46. The van der Waals surface area contributed by atoms with E-state index in [2.05, 4.69) is 26.3 Å². The second-order valence-electron chi connectivity index (χ2n) is 5.07. The van der Waals surface area contributed by atoms with Gasteiger partial charge in [0.05, 0.1) is 11.4 Å². The summed E-state index contributed by atoms with van der Waals surface area (Å²) >= 11 is 0. The fourth-order valence-electron chi connectivity index (χ4n) is 2.46. The Labute approximate surface area is 128 Å². The summed E-state index contributed by atoms with van der Waals surface area (Å²) in [5.74, 6) is 1.15. The minimum absolute atomic E-state index is 0.203. The van der Waals surface area contributed by atoms with Gasteiger partial charge in [0.2, 0.25) is 5.71 Å². The van der Waals surface area contributed by atoms with Gasteiger partial charge in [-0.1, -0.05) is 12.1 Å². The summed E-state index contributed by atoms with van der Waals surface area (Å²) in [4.78, 5) is 4.68. The molecule has 0 saturated carbocycles. The van der Waals surface area contributed by atoms with Crippen LogP contribution < -0.4 is 5.43 Å². The molecule has 1 aliphatic heterocycles. The van der Waals surface area contributed by atoms with E-state index in [0.29, 0.717) is 0 Å². The number of aromatic nitrogens is 2. The molecule has 6 nitrogen and oxygen atoms in total. The molecule has 1 aromatic carbocycles. The lowest BCUT2D eigenvalue weighted by Gasteiger charge is -2.11. The Morgan fingerprint density at radius 2 is 1.95 bits per heavy atom. The van der Waals surface area contributed by atoms with E-state index in [1.165, 1.54) is 12.8 Å². The van der Waals surface area contributed by atoms with E-state index in [1.807, 2.05) is 24.3 Å². The molecule has 0 bridgehead atoms. The molecule has 0 amide bonds. The average Bonchev–Trinajstić information content (AvgIpc) is 3.00. The lowest BCUT2D eigenvalue weighted by molar-refractivity contribution is 0.522. The molecule has 0 spiro atoms. The van der Waals surface area contributed by atoms with Gasteiger partial charge in [0.25, 0.3) is 0 Å². The summed E-state index contributed by atoms with van der Waals surface area (Å²) in [5, 5.41) is 21.0. The highest BCUT2D eigenvalue weighted by molar-refractivity contribution is 6.10. The van der Waals surface area contributed by atoms with Crippen LogP contribution in [0.15, 0.2) is 35.6 Å². The summed E-state index contributed by atoms with van der Waals surface area (Å²) in [6.45, 7) is 1.04. The quantitative estimate of drug-likeness (QED) is 0.695. The molecule has 0 fully saturated rings. The first kappa shape index (κ1) is 13.8. The molecule has 1 aliphatic rings. The molecule has 0 unspecified atom stereocenters. The van der Waals surface area contributed by atoms with Crippen molar-refractivity contribution in [1.82, 2.24) is 9.55 Å². The number of rotatable bonds is 3. The van der Waals surface area contributed by atoms with Crippen molar-refractivity contribution >= 4 is 11.4 Å². The summed E-state index contributed by atoms with van der Waals surface area (Å²) in [7, 11) is 0. The Morgan fingerprint density at radius 3 is 2.64 bits per heavy atom. The van der Waals surface area contributed by atoms with Gasteiger partial charge in [-0.3, -0.25) is 5.43 Å². The van der Waals surface area contributed by atoms with Crippen molar-refractivity contribution < 1.29 is 0 Å². The van der Waals surface area contributed by atoms with Crippen molar-refractivity contribution in [2.45, 2.75) is 25.8 Å². The third-order valence-electron chi connectivity index (χ3n) is 3.60. The normalized spacial score (nSPS) is 12.6. The molecule has 1 aromatic heterocycles. The van der Waals surface area contributed by atoms with Crippen molar-refractivity contribution in [3.05, 3.63) is 36.3 Å². The zero-order valence-electron chi connectivity index (χ0n) is 12.0. The second kappa shape index (κ2) is 6.11. The van der Waals surface area contributed by atoms with Crippen LogP contribution in [0, 0.1) is 22.7 Å². The highest BCUT2D eigenvalue weighted by atomic mass is 15.3. The number of hydrogen-bond donors (Lipinski definition) is 1. The Morgan fingerprint density at radius 1 is 1.18 bits per heavy atom. The van der Waals surface area contributed by atoms with Crippen LogP contribution >= 0.6 is 0 Å². The zero-order chi connectivity index (χ0) is 15.4. The zero-order valence-corrected chi connectivity index (χ0v) is 12.0. The van der Waals surface area contributed by atoms with Gasteiger partial charge in [-0.2, -0.15) is 15.6 Å². The Hall–Kier alpha value is -3.12. The third-order valence-corrected chi connectivity index (χ3v) is 3.60. The molecule has 3 rings (SSSR count). The number of nitriles is 2. The van der Waals surface area contributed by atoms with E-state index in [4.69, 9.17) is 10.5 Å². The van der Waals surface area contributed by atoms with Crippen molar-refractivity contribution in [3.63, 3.8) is 0 Å². The van der Waals surface area contributed by atoms with Crippen LogP contribution in [0.2, 0.25) is 0 Å². The highest BCUT2D eigenvalue weighted by Crippen LogP contribution is 2.23. The number of nitrogens with zero attached hydrogens (tertiary/aromatic N) is 5. The molecule has 2 aromatic rings. The monoisotopic (exact) mass is 290 g/mol. The van der Waals surface area contributed by atoms with Gasteiger partial charge in [-0.25, -0.2) is 4.98 Å². The number of imidazole rings is 1. The van der Waals surface area contributed by atoms with Gasteiger partial charge >= 0.3 is 0 Å². The van der Waals surface area contributed by atoms with Gasteiger partial charge in [-0.05, 0) is 25.0 Å². The molecule has 1 N–H and O–H groups in total. The predicted octanol–water partition coefficient (Wildman–Crippen LogP) is 2.70.